The largest absolute Gasteiger partial charge is 0.461 e. The highest BCUT2D eigenvalue weighted by Gasteiger charge is 2.16. The Morgan fingerprint density at radius 3 is 3.20 bits per heavy atom. The SMILES string of the molecule is CCOC(=O)c1cc2n(n1)CCCCC2. The number of carbonyl (C=O) groups excluding carboxylic acids is 1. The van der Waals surface area contributed by atoms with Crippen LogP contribution < -0.4 is 0 Å². The Morgan fingerprint density at radius 1 is 1.53 bits per heavy atom. The average molecular weight is 208 g/mol. The third-order valence-corrected chi connectivity index (χ3v) is 2.65. The zero-order valence-electron chi connectivity index (χ0n) is 9.03. The van der Waals surface area contributed by atoms with Crippen molar-refractivity contribution < 1.29 is 9.53 Å². The van der Waals surface area contributed by atoms with Crippen molar-refractivity contribution >= 4 is 5.97 Å². The van der Waals surface area contributed by atoms with Gasteiger partial charge in [0.25, 0.3) is 0 Å². The number of carbonyl (C=O) groups is 1. The molecule has 4 nitrogen and oxygen atoms in total. The summed E-state index contributed by atoms with van der Waals surface area (Å²) >= 11 is 0. The molecule has 0 radical (unpaired) electrons. The van der Waals surface area contributed by atoms with Crippen LogP contribution in [-0.4, -0.2) is 22.4 Å². The molecule has 0 saturated carbocycles. The first kappa shape index (κ1) is 10.2. The van der Waals surface area contributed by atoms with Crippen molar-refractivity contribution in [3.63, 3.8) is 0 Å². The standard InChI is InChI=1S/C11H16N2O2/c1-2-15-11(14)10-8-9-6-4-3-5-7-13(9)12-10/h8H,2-7H2,1H3. The zero-order chi connectivity index (χ0) is 10.7. The second kappa shape index (κ2) is 4.47. The maximum Gasteiger partial charge on any atom is 0.358 e. The summed E-state index contributed by atoms with van der Waals surface area (Å²) in [7, 11) is 0. The van der Waals surface area contributed by atoms with Crippen molar-refractivity contribution in [1.82, 2.24) is 9.78 Å². The first-order valence-electron chi connectivity index (χ1n) is 5.55. The molecule has 0 aromatic carbocycles. The summed E-state index contributed by atoms with van der Waals surface area (Å²) in [6.07, 6.45) is 4.61. The maximum absolute atomic E-state index is 11.5. The van der Waals surface area contributed by atoms with E-state index in [2.05, 4.69) is 5.10 Å². The summed E-state index contributed by atoms with van der Waals surface area (Å²) in [6, 6.07) is 1.86. The van der Waals surface area contributed by atoms with E-state index in [1.807, 2.05) is 10.7 Å². The van der Waals surface area contributed by atoms with Crippen molar-refractivity contribution in [1.29, 1.82) is 0 Å². The predicted molar refractivity (Wildman–Crippen MR) is 55.7 cm³/mol. The van der Waals surface area contributed by atoms with E-state index in [1.54, 1.807) is 6.92 Å². The van der Waals surface area contributed by atoms with E-state index in [9.17, 15) is 4.79 Å². The van der Waals surface area contributed by atoms with Gasteiger partial charge in [0.1, 0.15) is 0 Å². The molecule has 0 fully saturated rings. The Morgan fingerprint density at radius 2 is 2.40 bits per heavy atom. The molecule has 0 saturated heterocycles. The Labute approximate surface area is 89.2 Å². The van der Waals surface area contributed by atoms with Gasteiger partial charge in [-0.05, 0) is 32.3 Å². The molecule has 2 heterocycles. The van der Waals surface area contributed by atoms with Crippen molar-refractivity contribution in [2.75, 3.05) is 6.61 Å². The van der Waals surface area contributed by atoms with Crippen LogP contribution in [-0.2, 0) is 17.7 Å². The summed E-state index contributed by atoms with van der Waals surface area (Å²) in [5.41, 5.74) is 1.62. The summed E-state index contributed by atoms with van der Waals surface area (Å²) in [6.45, 7) is 3.13. The molecule has 1 aromatic heterocycles. The Balaban J connectivity index is 2.18. The van der Waals surface area contributed by atoms with Crippen molar-refractivity contribution in [3.05, 3.63) is 17.5 Å². The summed E-state index contributed by atoms with van der Waals surface area (Å²) in [5.74, 6) is -0.307. The minimum atomic E-state index is -0.307. The molecule has 0 atom stereocenters. The summed E-state index contributed by atoms with van der Waals surface area (Å²) < 4.78 is 6.87. The quantitative estimate of drug-likeness (QED) is 0.696. The van der Waals surface area contributed by atoms with E-state index in [4.69, 9.17) is 4.74 Å². The molecule has 1 aliphatic rings. The van der Waals surface area contributed by atoms with Gasteiger partial charge in [-0.15, -0.1) is 0 Å². The van der Waals surface area contributed by atoms with Gasteiger partial charge in [0.15, 0.2) is 5.69 Å². The molecule has 0 unspecified atom stereocenters. The molecule has 1 aliphatic heterocycles. The highest BCUT2D eigenvalue weighted by Crippen LogP contribution is 2.15. The molecule has 0 amide bonds. The molecule has 1 aromatic rings. The van der Waals surface area contributed by atoms with Gasteiger partial charge in [0.05, 0.1) is 6.61 Å². The van der Waals surface area contributed by atoms with Crippen molar-refractivity contribution in [2.24, 2.45) is 0 Å². The number of hydrogen-bond donors (Lipinski definition) is 0. The van der Waals surface area contributed by atoms with Crippen LogP contribution in [0.5, 0.6) is 0 Å². The minimum absolute atomic E-state index is 0.307. The Hall–Kier alpha value is -1.32. The van der Waals surface area contributed by atoms with Crippen LogP contribution in [0.3, 0.4) is 0 Å². The molecule has 4 heteroatoms. The lowest BCUT2D eigenvalue weighted by molar-refractivity contribution is 0.0518. The highest BCUT2D eigenvalue weighted by molar-refractivity contribution is 5.87. The monoisotopic (exact) mass is 208 g/mol. The fourth-order valence-corrected chi connectivity index (χ4v) is 1.90. The van der Waals surface area contributed by atoms with Crippen LogP contribution in [0, 0.1) is 0 Å². The predicted octanol–water partition coefficient (Wildman–Crippen LogP) is 1.79. The van der Waals surface area contributed by atoms with Crippen LogP contribution in [0.25, 0.3) is 0 Å². The van der Waals surface area contributed by atoms with Crippen LogP contribution >= 0.6 is 0 Å². The van der Waals surface area contributed by atoms with E-state index < -0.39 is 0 Å². The summed E-state index contributed by atoms with van der Waals surface area (Å²) in [5, 5.41) is 4.27. The van der Waals surface area contributed by atoms with E-state index in [1.165, 1.54) is 12.8 Å². The first-order chi connectivity index (χ1) is 7.31. The van der Waals surface area contributed by atoms with Crippen LogP contribution in [0.4, 0.5) is 0 Å². The maximum atomic E-state index is 11.5. The third-order valence-electron chi connectivity index (χ3n) is 2.65. The molecule has 0 bridgehead atoms. The van der Waals surface area contributed by atoms with Gasteiger partial charge in [0.2, 0.25) is 0 Å². The van der Waals surface area contributed by atoms with Gasteiger partial charge in [-0.25, -0.2) is 4.79 Å². The molecule has 0 N–H and O–H groups in total. The lowest BCUT2D eigenvalue weighted by atomic mass is 10.2. The number of rotatable bonds is 2. The van der Waals surface area contributed by atoms with E-state index in [0.29, 0.717) is 12.3 Å². The lowest BCUT2D eigenvalue weighted by Crippen LogP contribution is -2.07. The van der Waals surface area contributed by atoms with E-state index in [-0.39, 0.29) is 5.97 Å². The van der Waals surface area contributed by atoms with Crippen LogP contribution in [0.15, 0.2) is 6.07 Å². The van der Waals surface area contributed by atoms with E-state index in [0.717, 1.165) is 25.1 Å². The molecular weight excluding hydrogens is 192 g/mol. The molecule has 0 aliphatic carbocycles. The lowest BCUT2D eigenvalue weighted by Gasteiger charge is -1.99. The molecule has 0 spiro atoms. The van der Waals surface area contributed by atoms with Gasteiger partial charge in [-0.3, -0.25) is 4.68 Å². The smallest absolute Gasteiger partial charge is 0.358 e. The second-order valence-corrected chi connectivity index (χ2v) is 3.78. The molecule has 15 heavy (non-hydrogen) atoms. The number of aryl methyl sites for hydroxylation is 2. The highest BCUT2D eigenvalue weighted by atomic mass is 16.5. The van der Waals surface area contributed by atoms with E-state index >= 15 is 0 Å². The second-order valence-electron chi connectivity index (χ2n) is 3.78. The molecule has 82 valence electrons. The van der Waals surface area contributed by atoms with Crippen molar-refractivity contribution in [3.8, 4) is 0 Å². The number of nitrogens with zero attached hydrogens (tertiary/aromatic N) is 2. The number of ether oxygens (including phenoxy) is 1. The van der Waals surface area contributed by atoms with Gasteiger partial charge in [-0.2, -0.15) is 5.10 Å². The Kier molecular flexibility index (Phi) is 3.04. The topological polar surface area (TPSA) is 44.1 Å². The zero-order valence-corrected chi connectivity index (χ0v) is 9.03. The Bertz CT molecular complexity index is 334. The van der Waals surface area contributed by atoms with Gasteiger partial charge in [0, 0.05) is 12.2 Å². The number of fused-ring (bicyclic) bond motifs is 1. The fourth-order valence-electron chi connectivity index (χ4n) is 1.90. The number of esters is 1. The normalized spacial score (nSPS) is 15.5. The van der Waals surface area contributed by atoms with Crippen molar-refractivity contribution in [2.45, 2.75) is 39.2 Å². The minimum Gasteiger partial charge on any atom is -0.461 e. The van der Waals surface area contributed by atoms with Crippen LogP contribution in [0.1, 0.15) is 42.4 Å². The average Bonchev–Trinajstić information content (AvgIpc) is 2.51. The summed E-state index contributed by atoms with van der Waals surface area (Å²) in [4.78, 5) is 11.5. The third kappa shape index (κ3) is 2.19. The van der Waals surface area contributed by atoms with Gasteiger partial charge < -0.3 is 4.74 Å². The molecular formula is C11H16N2O2. The number of hydrogen-bond acceptors (Lipinski definition) is 3. The number of aromatic nitrogens is 2. The first-order valence-corrected chi connectivity index (χ1v) is 5.55. The molecule has 2 rings (SSSR count). The fraction of sp³-hybridized carbons (Fsp3) is 0.636. The van der Waals surface area contributed by atoms with Crippen LogP contribution in [0.2, 0.25) is 0 Å². The van der Waals surface area contributed by atoms with Gasteiger partial charge >= 0.3 is 5.97 Å². The van der Waals surface area contributed by atoms with Gasteiger partial charge in [-0.1, -0.05) is 6.42 Å².